The fourth-order valence-electron chi connectivity index (χ4n) is 2.77. The zero-order valence-electron chi connectivity index (χ0n) is 16.6. The van der Waals surface area contributed by atoms with E-state index >= 15 is 0 Å². The van der Waals surface area contributed by atoms with Crippen LogP contribution in [0.2, 0.25) is 0 Å². The van der Waals surface area contributed by atoms with E-state index in [-0.39, 0.29) is 23.7 Å². The van der Waals surface area contributed by atoms with E-state index in [0.717, 1.165) is 0 Å². The number of esters is 1. The number of hydrogen-bond donors (Lipinski definition) is 1. The quantitative estimate of drug-likeness (QED) is 0.390. The number of fused-ring (bicyclic) bond motifs is 1. The number of furan rings is 1. The first-order valence-electron chi connectivity index (χ1n) is 9.07. The number of nitrogens with zero attached hydrogens (tertiary/aromatic N) is 2. The molecule has 7 heteroatoms. The van der Waals surface area contributed by atoms with Crippen LogP contribution in [-0.4, -0.2) is 33.1 Å². The number of aromatic nitrogens is 2. The van der Waals surface area contributed by atoms with Gasteiger partial charge >= 0.3 is 5.97 Å². The van der Waals surface area contributed by atoms with Gasteiger partial charge in [0.1, 0.15) is 17.8 Å². The van der Waals surface area contributed by atoms with Crippen molar-refractivity contribution in [3.63, 3.8) is 0 Å². The maximum absolute atomic E-state index is 11.9. The summed E-state index contributed by atoms with van der Waals surface area (Å²) in [5.41, 5.74) is 2.40. The Hall–Kier alpha value is -3.35. The number of ketones is 1. The van der Waals surface area contributed by atoms with E-state index in [1.165, 1.54) is 26.3 Å². The summed E-state index contributed by atoms with van der Waals surface area (Å²) in [6.07, 6.45) is 4.58. The van der Waals surface area contributed by atoms with E-state index in [9.17, 15) is 14.7 Å². The smallest absolute Gasteiger partial charge is 0.341 e. The number of pyridine rings is 1. The van der Waals surface area contributed by atoms with Crippen LogP contribution in [0.1, 0.15) is 50.5 Å². The predicted octanol–water partition coefficient (Wildman–Crippen LogP) is 4.68. The van der Waals surface area contributed by atoms with Gasteiger partial charge in [0, 0.05) is 17.3 Å². The molecule has 0 fully saturated rings. The SMILES string of the molecule is CC.CCOC(=O)c1coc(-c2ccn3ncc(/C(C(C)=O)=C(\C)O)c3c2)c1. The molecule has 0 bridgehead atoms. The second-order valence-corrected chi connectivity index (χ2v) is 5.74. The summed E-state index contributed by atoms with van der Waals surface area (Å²) in [6.45, 7) is 8.87. The Morgan fingerprint density at radius 2 is 1.96 bits per heavy atom. The van der Waals surface area contributed by atoms with Crippen molar-refractivity contribution in [2.75, 3.05) is 6.61 Å². The molecular formula is C21H24N2O5. The fourth-order valence-corrected chi connectivity index (χ4v) is 2.77. The molecule has 0 amide bonds. The topological polar surface area (TPSA) is 94.0 Å². The van der Waals surface area contributed by atoms with E-state index < -0.39 is 5.97 Å². The van der Waals surface area contributed by atoms with Crippen LogP contribution in [0.15, 0.2) is 47.0 Å². The average Bonchev–Trinajstić information content (AvgIpc) is 3.31. The molecule has 0 saturated carbocycles. The summed E-state index contributed by atoms with van der Waals surface area (Å²) in [7, 11) is 0. The van der Waals surface area contributed by atoms with Gasteiger partial charge in [-0.05, 0) is 39.0 Å². The van der Waals surface area contributed by atoms with Gasteiger partial charge in [-0.2, -0.15) is 5.10 Å². The molecule has 0 saturated heterocycles. The van der Waals surface area contributed by atoms with Gasteiger partial charge in [0.15, 0.2) is 5.78 Å². The van der Waals surface area contributed by atoms with Gasteiger partial charge in [-0.25, -0.2) is 9.31 Å². The number of allylic oxidation sites excluding steroid dienone is 2. The van der Waals surface area contributed by atoms with Crippen molar-refractivity contribution in [1.29, 1.82) is 0 Å². The molecule has 3 rings (SSSR count). The Balaban J connectivity index is 0.00000136. The van der Waals surface area contributed by atoms with Gasteiger partial charge in [0.25, 0.3) is 0 Å². The lowest BCUT2D eigenvalue weighted by atomic mass is 10.0. The van der Waals surface area contributed by atoms with Crippen molar-refractivity contribution in [3.05, 3.63) is 53.7 Å². The highest BCUT2D eigenvalue weighted by Crippen LogP contribution is 2.28. The summed E-state index contributed by atoms with van der Waals surface area (Å²) in [5, 5.41) is 14.1. The minimum atomic E-state index is -0.452. The summed E-state index contributed by atoms with van der Waals surface area (Å²) in [4.78, 5) is 23.7. The normalized spacial score (nSPS) is 11.5. The number of rotatable bonds is 5. The van der Waals surface area contributed by atoms with Crippen LogP contribution in [0.25, 0.3) is 22.4 Å². The minimum absolute atomic E-state index is 0.0691. The van der Waals surface area contributed by atoms with E-state index in [4.69, 9.17) is 9.15 Å². The molecule has 0 radical (unpaired) electrons. The van der Waals surface area contributed by atoms with Crippen LogP contribution >= 0.6 is 0 Å². The second-order valence-electron chi connectivity index (χ2n) is 5.74. The molecule has 0 spiro atoms. The number of aliphatic hydroxyl groups is 1. The van der Waals surface area contributed by atoms with Crippen LogP contribution in [-0.2, 0) is 9.53 Å². The van der Waals surface area contributed by atoms with Crippen LogP contribution in [0, 0.1) is 0 Å². The number of hydrogen-bond acceptors (Lipinski definition) is 6. The van der Waals surface area contributed by atoms with Gasteiger partial charge in [-0.1, -0.05) is 13.8 Å². The molecule has 148 valence electrons. The van der Waals surface area contributed by atoms with Crippen molar-refractivity contribution in [3.8, 4) is 11.3 Å². The van der Waals surface area contributed by atoms with Gasteiger partial charge in [0.05, 0.1) is 29.5 Å². The molecule has 1 N–H and O–H groups in total. The molecule has 0 aliphatic rings. The Morgan fingerprint density at radius 1 is 1.25 bits per heavy atom. The molecule has 0 aliphatic carbocycles. The molecule has 0 aliphatic heterocycles. The second kappa shape index (κ2) is 9.03. The van der Waals surface area contributed by atoms with Gasteiger partial charge < -0.3 is 14.3 Å². The van der Waals surface area contributed by atoms with Crippen molar-refractivity contribution in [2.24, 2.45) is 0 Å². The molecule has 28 heavy (non-hydrogen) atoms. The Labute approximate surface area is 163 Å². The molecule has 0 aromatic carbocycles. The first-order valence-corrected chi connectivity index (χ1v) is 9.07. The highest BCUT2D eigenvalue weighted by Gasteiger charge is 2.18. The minimum Gasteiger partial charge on any atom is -0.512 e. The number of carbonyl (C=O) groups excluding carboxylic acids is 2. The maximum Gasteiger partial charge on any atom is 0.341 e. The van der Waals surface area contributed by atoms with E-state index in [1.807, 2.05) is 13.8 Å². The lowest BCUT2D eigenvalue weighted by Crippen LogP contribution is -2.02. The first-order chi connectivity index (χ1) is 13.4. The van der Waals surface area contributed by atoms with Crippen LogP contribution in [0.5, 0.6) is 0 Å². The Bertz CT molecular complexity index is 1020. The highest BCUT2D eigenvalue weighted by atomic mass is 16.5. The van der Waals surface area contributed by atoms with Crippen molar-refractivity contribution < 1.29 is 23.8 Å². The zero-order valence-corrected chi connectivity index (χ0v) is 16.6. The van der Waals surface area contributed by atoms with Crippen molar-refractivity contribution in [2.45, 2.75) is 34.6 Å². The predicted molar refractivity (Wildman–Crippen MR) is 106 cm³/mol. The summed E-state index contributed by atoms with van der Waals surface area (Å²) < 4.78 is 12.0. The third-order valence-corrected chi connectivity index (χ3v) is 3.90. The van der Waals surface area contributed by atoms with Crippen LogP contribution < -0.4 is 0 Å². The lowest BCUT2D eigenvalue weighted by molar-refractivity contribution is -0.111. The fraction of sp³-hybridized carbons (Fsp3) is 0.286. The van der Waals surface area contributed by atoms with Crippen LogP contribution in [0.4, 0.5) is 0 Å². The molecule has 3 heterocycles. The molecule has 3 aromatic heterocycles. The Kier molecular flexibility index (Phi) is 6.76. The average molecular weight is 384 g/mol. The number of carbonyl (C=O) groups is 2. The molecule has 7 nitrogen and oxygen atoms in total. The summed E-state index contributed by atoms with van der Waals surface area (Å²) in [6, 6.07) is 5.15. The van der Waals surface area contributed by atoms with Crippen molar-refractivity contribution in [1.82, 2.24) is 9.61 Å². The zero-order chi connectivity index (χ0) is 20.8. The highest BCUT2D eigenvalue weighted by molar-refractivity contribution is 6.21. The molecule has 3 aromatic rings. The largest absolute Gasteiger partial charge is 0.512 e. The monoisotopic (exact) mass is 384 g/mol. The molecule has 0 atom stereocenters. The number of aliphatic hydroxyl groups excluding tert-OH is 1. The Morgan fingerprint density at radius 3 is 2.57 bits per heavy atom. The third-order valence-electron chi connectivity index (χ3n) is 3.90. The first kappa shape index (κ1) is 21.0. The van der Waals surface area contributed by atoms with Crippen molar-refractivity contribution >= 4 is 22.8 Å². The van der Waals surface area contributed by atoms with Gasteiger partial charge in [0.2, 0.25) is 0 Å². The molecular weight excluding hydrogens is 360 g/mol. The van der Waals surface area contributed by atoms with Gasteiger partial charge in [-0.15, -0.1) is 0 Å². The van der Waals surface area contributed by atoms with Crippen LogP contribution in [0.3, 0.4) is 0 Å². The third kappa shape index (κ3) is 4.14. The molecule has 0 unspecified atom stereocenters. The number of ether oxygens (including phenoxy) is 1. The van der Waals surface area contributed by atoms with E-state index in [0.29, 0.717) is 28.0 Å². The standard InChI is InChI=1S/C19H18N2O5.C2H6/c1-4-25-19(24)14-8-17(26-10-14)13-5-6-21-16(7-13)15(9-20-21)18(11(2)22)12(3)23;1-2/h5-10,22H,4H2,1-3H3;1-2H3/b18-11+;. The van der Waals surface area contributed by atoms with Gasteiger partial charge in [-0.3, -0.25) is 4.79 Å². The summed E-state index contributed by atoms with van der Waals surface area (Å²) >= 11 is 0. The van der Waals surface area contributed by atoms with E-state index in [1.54, 1.807) is 35.8 Å². The lowest BCUT2D eigenvalue weighted by Gasteiger charge is -2.05. The van der Waals surface area contributed by atoms with E-state index in [2.05, 4.69) is 5.10 Å². The number of Topliss-reactive ketones (excluding diaryl/α,β-unsaturated/α-hetero) is 1. The summed E-state index contributed by atoms with van der Waals surface area (Å²) in [5.74, 6) is -0.295. The maximum atomic E-state index is 11.9.